The summed E-state index contributed by atoms with van der Waals surface area (Å²) in [4.78, 5) is 29.2. The highest BCUT2D eigenvalue weighted by atomic mass is 32.2. The van der Waals surface area contributed by atoms with Crippen LogP contribution in [0, 0.1) is 20.8 Å². The number of carbonyl (C=O) groups is 2. The first-order valence-corrected chi connectivity index (χ1v) is 11.7. The van der Waals surface area contributed by atoms with E-state index in [9.17, 15) is 9.59 Å². The Hall–Kier alpha value is -3.63. The Morgan fingerprint density at radius 3 is 1.97 bits per heavy atom. The summed E-state index contributed by atoms with van der Waals surface area (Å²) >= 11 is 1.51. The van der Waals surface area contributed by atoms with Crippen molar-refractivity contribution in [1.29, 1.82) is 0 Å². The van der Waals surface area contributed by atoms with Gasteiger partial charge in [0.05, 0.1) is 11.3 Å². The Labute approximate surface area is 197 Å². The molecule has 0 fully saturated rings. The van der Waals surface area contributed by atoms with Gasteiger partial charge in [-0.3, -0.25) is 9.59 Å². The van der Waals surface area contributed by atoms with Crippen molar-refractivity contribution in [3.05, 3.63) is 118 Å². The maximum atomic E-state index is 13.7. The van der Waals surface area contributed by atoms with E-state index in [1.807, 2.05) is 68.4 Å². The maximum absolute atomic E-state index is 13.7. The Morgan fingerprint density at radius 2 is 1.27 bits per heavy atom. The van der Waals surface area contributed by atoms with E-state index in [0.29, 0.717) is 27.9 Å². The number of fused-ring (bicyclic) bond motifs is 2. The van der Waals surface area contributed by atoms with Crippen molar-refractivity contribution >= 4 is 34.7 Å². The molecule has 0 amide bonds. The van der Waals surface area contributed by atoms with E-state index in [1.54, 1.807) is 12.1 Å². The molecule has 1 N–H and O–H groups in total. The number of aryl methyl sites for hydroxylation is 3. The summed E-state index contributed by atoms with van der Waals surface area (Å²) in [5.41, 5.74) is 6.85. The lowest BCUT2D eigenvalue weighted by molar-refractivity contribution is 0.0977. The molecule has 0 unspecified atom stereocenters. The Kier molecular flexibility index (Phi) is 5.39. The molecular weight excluding hydrogens is 426 g/mol. The minimum absolute atomic E-state index is 0.111. The Balaban J connectivity index is 1.60. The SMILES string of the molecule is Cc1cc(C)c(Nc2cccc3c2C(=O)c2cccc(Sc4ccccc4)c2C3=O)c(C)c1. The van der Waals surface area contributed by atoms with Gasteiger partial charge in [-0.25, -0.2) is 0 Å². The Morgan fingerprint density at radius 1 is 0.667 bits per heavy atom. The summed E-state index contributed by atoms with van der Waals surface area (Å²) in [6, 6.07) is 25.1. The first-order chi connectivity index (χ1) is 15.9. The zero-order valence-electron chi connectivity index (χ0n) is 18.7. The van der Waals surface area contributed by atoms with Crippen LogP contribution in [-0.2, 0) is 0 Å². The van der Waals surface area contributed by atoms with Crippen molar-refractivity contribution < 1.29 is 9.59 Å². The standard InChI is InChI=1S/C29H23NO2S/c1-17-15-18(2)27(19(3)16-17)30-23-13-7-11-21-25(23)28(31)22-12-8-14-24(26(22)29(21)32)33-20-9-5-4-6-10-20/h4-16,30H,1-3H3. The summed E-state index contributed by atoms with van der Waals surface area (Å²) < 4.78 is 0. The highest BCUT2D eigenvalue weighted by molar-refractivity contribution is 7.99. The van der Waals surface area contributed by atoms with Crippen LogP contribution in [0.4, 0.5) is 11.4 Å². The van der Waals surface area contributed by atoms with Crippen molar-refractivity contribution in [2.75, 3.05) is 5.32 Å². The molecule has 0 bridgehead atoms. The third-order valence-electron chi connectivity index (χ3n) is 5.94. The van der Waals surface area contributed by atoms with Crippen LogP contribution in [0.5, 0.6) is 0 Å². The summed E-state index contributed by atoms with van der Waals surface area (Å²) in [6.45, 7) is 6.17. The predicted octanol–water partition coefficient (Wildman–Crippen LogP) is 7.28. The van der Waals surface area contributed by atoms with Gasteiger partial charge in [0.1, 0.15) is 0 Å². The smallest absolute Gasteiger partial charge is 0.196 e. The number of benzene rings is 4. The van der Waals surface area contributed by atoms with Gasteiger partial charge in [-0.1, -0.05) is 71.9 Å². The average molecular weight is 450 g/mol. The topological polar surface area (TPSA) is 46.2 Å². The zero-order valence-corrected chi connectivity index (χ0v) is 19.5. The van der Waals surface area contributed by atoms with Gasteiger partial charge < -0.3 is 5.32 Å². The summed E-state index contributed by atoms with van der Waals surface area (Å²) in [6.07, 6.45) is 0. The number of anilines is 2. The highest BCUT2D eigenvalue weighted by Crippen LogP contribution is 2.40. The van der Waals surface area contributed by atoms with Crippen LogP contribution >= 0.6 is 11.8 Å². The van der Waals surface area contributed by atoms with Crippen molar-refractivity contribution in [2.45, 2.75) is 30.6 Å². The molecule has 4 aromatic rings. The molecule has 1 aliphatic rings. The summed E-state index contributed by atoms with van der Waals surface area (Å²) in [7, 11) is 0. The van der Waals surface area contributed by atoms with Gasteiger partial charge in [0.15, 0.2) is 11.6 Å². The molecule has 0 radical (unpaired) electrons. The lowest BCUT2D eigenvalue weighted by Crippen LogP contribution is -2.23. The highest BCUT2D eigenvalue weighted by Gasteiger charge is 2.33. The fourth-order valence-electron chi connectivity index (χ4n) is 4.53. The second kappa shape index (κ2) is 8.38. The monoisotopic (exact) mass is 449 g/mol. The molecule has 33 heavy (non-hydrogen) atoms. The molecule has 0 spiro atoms. The summed E-state index contributed by atoms with van der Waals surface area (Å²) in [5, 5.41) is 3.45. The van der Waals surface area contributed by atoms with Gasteiger partial charge in [0.25, 0.3) is 0 Å². The quantitative estimate of drug-likeness (QED) is 0.313. The normalized spacial score (nSPS) is 12.3. The van der Waals surface area contributed by atoms with Crippen LogP contribution in [0.3, 0.4) is 0 Å². The number of hydrogen-bond donors (Lipinski definition) is 1. The van der Waals surface area contributed by atoms with Gasteiger partial charge in [0.2, 0.25) is 0 Å². The van der Waals surface area contributed by atoms with Gasteiger partial charge in [-0.15, -0.1) is 0 Å². The van der Waals surface area contributed by atoms with Crippen molar-refractivity contribution in [1.82, 2.24) is 0 Å². The fraction of sp³-hybridized carbons (Fsp3) is 0.103. The third-order valence-corrected chi connectivity index (χ3v) is 7.01. The van der Waals surface area contributed by atoms with E-state index in [0.717, 1.165) is 26.6 Å². The van der Waals surface area contributed by atoms with Crippen molar-refractivity contribution in [2.24, 2.45) is 0 Å². The minimum atomic E-state index is -0.124. The van der Waals surface area contributed by atoms with E-state index in [-0.39, 0.29) is 11.6 Å². The predicted molar refractivity (Wildman–Crippen MR) is 134 cm³/mol. The molecule has 3 nitrogen and oxygen atoms in total. The first kappa shape index (κ1) is 21.2. The number of hydrogen-bond acceptors (Lipinski definition) is 4. The van der Waals surface area contributed by atoms with E-state index in [1.165, 1.54) is 17.3 Å². The van der Waals surface area contributed by atoms with E-state index in [2.05, 4.69) is 24.4 Å². The second-order valence-corrected chi connectivity index (χ2v) is 9.49. The molecule has 162 valence electrons. The molecule has 0 atom stereocenters. The van der Waals surface area contributed by atoms with Gasteiger partial charge in [-0.2, -0.15) is 0 Å². The van der Waals surface area contributed by atoms with Gasteiger partial charge in [0, 0.05) is 32.2 Å². The molecule has 5 rings (SSSR count). The van der Waals surface area contributed by atoms with Crippen LogP contribution in [-0.4, -0.2) is 11.6 Å². The van der Waals surface area contributed by atoms with E-state index >= 15 is 0 Å². The second-order valence-electron chi connectivity index (χ2n) is 8.38. The van der Waals surface area contributed by atoms with Crippen LogP contribution < -0.4 is 5.32 Å². The fourth-order valence-corrected chi connectivity index (χ4v) is 5.53. The molecule has 1 aliphatic carbocycles. The number of ketones is 2. The molecular formula is C29H23NO2S. The number of rotatable bonds is 4. The Bertz CT molecular complexity index is 1400. The largest absolute Gasteiger partial charge is 0.354 e. The minimum Gasteiger partial charge on any atom is -0.354 e. The van der Waals surface area contributed by atoms with Crippen molar-refractivity contribution in [3.63, 3.8) is 0 Å². The van der Waals surface area contributed by atoms with Crippen LogP contribution in [0.15, 0.2) is 88.7 Å². The molecule has 0 aromatic heterocycles. The van der Waals surface area contributed by atoms with E-state index in [4.69, 9.17) is 0 Å². The maximum Gasteiger partial charge on any atom is 0.196 e. The van der Waals surface area contributed by atoms with E-state index < -0.39 is 0 Å². The van der Waals surface area contributed by atoms with Gasteiger partial charge >= 0.3 is 0 Å². The van der Waals surface area contributed by atoms with Crippen LogP contribution in [0.2, 0.25) is 0 Å². The molecule has 4 heteroatoms. The van der Waals surface area contributed by atoms with Crippen molar-refractivity contribution in [3.8, 4) is 0 Å². The summed E-state index contributed by atoms with van der Waals surface area (Å²) in [5.74, 6) is -0.236. The van der Waals surface area contributed by atoms with Gasteiger partial charge in [-0.05, 0) is 56.2 Å². The first-order valence-electron chi connectivity index (χ1n) is 10.9. The lowest BCUT2D eigenvalue weighted by atomic mass is 9.83. The average Bonchev–Trinajstić information content (AvgIpc) is 2.80. The molecule has 4 aromatic carbocycles. The number of carbonyl (C=O) groups excluding carboxylic acids is 2. The molecule has 0 saturated carbocycles. The molecule has 0 aliphatic heterocycles. The molecule has 0 saturated heterocycles. The number of nitrogens with one attached hydrogen (secondary N) is 1. The lowest BCUT2D eigenvalue weighted by Gasteiger charge is -2.23. The van der Waals surface area contributed by atoms with Crippen LogP contribution in [0.25, 0.3) is 0 Å². The van der Waals surface area contributed by atoms with Crippen LogP contribution in [0.1, 0.15) is 48.5 Å². The third kappa shape index (κ3) is 3.77. The zero-order chi connectivity index (χ0) is 23.1. The molecule has 0 heterocycles.